The molecule has 1 aromatic rings. The van der Waals surface area contributed by atoms with Crippen LogP contribution in [0.4, 0.5) is 0 Å². The molecule has 0 spiro atoms. The topological polar surface area (TPSA) is 32.7 Å². The zero-order valence-corrected chi connectivity index (χ0v) is 12.4. The minimum Gasteiger partial charge on any atom is -0.387 e. The van der Waals surface area contributed by atoms with E-state index >= 15 is 0 Å². The lowest BCUT2D eigenvalue weighted by Crippen LogP contribution is -2.50. The van der Waals surface area contributed by atoms with E-state index in [-0.39, 0.29) is 0 Å². The maximum atomic E-state index is 10.3. The van der Waals surface area contributed by atoms with E-state index in [9.17, 15) is 5.11 Å². The number of aliphatic hydroxyl groups excluding tert-OH is 1. The standard InChI is InChI=1S/C14H20BrNO2/c1-10-8-18-9-11(2)16(10)7-14(17)12-4-3-5-13(15)6-12/h3-6,10-11,14,17H,7-9H2,1-2H3. The molecule has 1 heterocycles. The number of rotatable bonds is 3. The number of hydrogen-bond acceptors (Lipinski definition) is 3. The quantitative estimate of drug-likeness (QED) is 0.931. The van der Waals surface area contributed by atoms with Gasteiger partial charge in [-0.15, -0.1) is 0 Å². The predicted molar refractivity (Wildman–Crippen MR) is 75.6 cm³/mol. The molecule has 0 aliphatic carbocycles. The number of morpholine rings is 1. The number of β-amino-alcohol motifs (C(OH)–C–C–N with tert-alkyl or cyclic N) is 1. The number of nitrogens with zero attached hydrogens (tertiary/aromatic N) is 1. The van der Waals surface area contributed by atoms with E-state index in [4.69, 9.17) is 4.74 Å². The summed E-state index contributed by atoms with van der Waals surface area (Å²) in [5.74, 6) is 0. The number of hydrogen-bond donors (Lipinski definition) is 1. The Labute approximate surface area is 117 Å². The lowest BCUT2D eigenvalue weighted by molar-refractivity contribution is -0.0537. The molecule has 2 rings (SSSR count). The molecule has 100 valence electrons. The second kappa shape index (κ2) is 6.15. The molecule has 3 atom stereocenters. The Morgan fingerprint density at radius 1 is 1.39 bits per heavy atom. The van der Waals surface area contributed by atoms with Crippen molar-refractivity contribution in [2.75, 3.05) is 19.8 Å². The first kappa shape index (κ1) is 14.0. The highest BCUT2D eigenvalue weighted by Gasteiger charge is 2.27. The highest BCUT2D eigenvalue weighted by molar-refractivity contribution is 9.10. The maximum Gasteiger partial charge on any atom is 0.0917 e. The highest BCUT2D eigenvalue weighted by atomic mass is 79.9. The largest absolute Gasteiger partial charge is 0.387 e. The van der Waals surface area contributed by atoms with E-state index in [1.165, 1.54) is 0 Å². The summed E-state index contributed by atoms with van der Waals surface area (Å²) in [6.45, 7) is 6.43. The Kier molecular flexibility index (Phi) is 4.78. The average Bonchev–Trinajstić information content (AvgIpc) is 2.34. The van der Waals surface area contributed by atoms with Crippen LogP contribution in [0.3, 0.4) is 0 Å². The minimum absolute atomic E-state index is 0.357. The molecule has 1 aromatic carbocycles. The minimum atomic E-state index is -0.453. The molecule has 4 heteroatoms. The van der Waals surface area contributed by atoms with Crippen molar-refractivity contribution < 1.29 is 9.84 Å². The summed E-state index contributed by atoms with van der Waals surface area (Å²) in [5.41, 5.74) is 0.954. The van der Waals surface area contributed by atoms with Gasteiger partial charge in [0.2, 0.25) is 0 Å². The molecule has 1 aliphatic rings. The summed E-state index contributed by atoms with van der Waals surface area (Å²) in [5, 5.41) is 10.3. The third kappa shape index (κ3) is 3.32. The Balaban J connectivity index is 2.04. The molecule has 3 nitrogen and oxygen atoms in total. The van der Waals surface area contributed by atoms with Gasteiger partial charge in [0.1, 0.15) is 0 Å². The molecule has 1 saturated heterocycles. The van der Waals surface area contributed by atoms with Crippen LogP contribution in [-0.4, -0.2) is 41.8 Å². The third-order valence-corrected chi connectivity index (χ3v) is 3.96. The van der Waals surface area contributed by atoms with E-state index in [0.29, 0.717) is 18.6 Å². The molecule has 0 amide bonds. The fourth-order valence-corrected chi connectivity index (χ4v) is 2.83. The lowest BCUT2D eigenvalue weighted by atomic mass is 10.1. The van der Waals surface area contributed by atoms with Crippen LogP contribution in [0, 0.1) is 0 Å². The predicted octanol–water partition coefficient (Wildman–Crippen LogP) is 2.59. The first-order valence-corrected chi connectivity index (χ1v) is 7.14. The van der Waals surface area contributed by atoms with Gasteiger partial charge in [-0.3, -0.25) is 4.90 Å². The fourth-order valence-electron chi connectivity index (χ4n) is 2.41. The van der Waals surface area contributed by atoms with E-state index in [1.807, 2.05) is 24.3 Å². The molecule has 1 N–H and O–H groups in total. The fraction of sp³-hybridized carbons (Fsp3) is 0.571. The van der Waals surface area contributed by atoms with Crippen molar-refractivity contribution in [2.45, 2.75) is 32.0 Å². The van der Waals surface area contributed by atoms with Gasteiger partial charge in [0.25, 0.3) is 0 Å². The number of aliphatic hydroxyl groups is 1. The second-order valence-corrected chi connectivity index (χ2v) is 5.92. The molecule has 0 radical (unpaired) electrons. The Bertz CT molecular complexity index is 389. The van der Waals surface area contributed by atoms with Crippen molar-refractivity contribution in [3.05, 3.63) is 34.3 Å². The molecule has 1 fully saturated rings. The molecule has 0 aromatic heterocycles. The second-order valence-electron chi connectivity index (χ2n) is 5.00. The normalized spacial score (nSPS) is 27.1. The van der Waals surface area contributed by atoms with E-state index in [2.05, 4.69) is 34.7 Å². The van der Waals surface area contributed by atoms with Crippen molar-refractivity contribution in [1.29, 1.82) is 0 Å². The van der Waals surface area contributed by atoms with E-state index in [1.54, 1.807) is 0 Å². The first-order chi connectivity index (χ1) is 8.58. The van der Waals surface area contributed by atoms with Crippen molar-refractivity contribution in [3.63, 3.8) is 0 Å². The molecule has 18 heavy (non-hydrogen) atoms. The van der Waals surface area contributed by atoms with Crippen LogP contribution in [0.1, 0.15) is 25.5 Å². The number of benzene rings is 1. The van der Waals surface area contributed by atoms with Gasteiger partial charge in [-0.05, 0) is 31.5 Å². The van der Waals surface area contributed by atoms with Crippen molar-refractivity contribution in [1.82, 2.24) is 4.90 Å². The van der Waals surface area contributed by atoms with Gasteiger partial charge in [0.05, 0.1) is 19.3 Å². The van der Waals surface area contributed by atoms with Gasteiger partial charge in [-0.2, -0.15) is 0 Å². The molecule has 3 unspecified atom stereocenters. The average molecular weight is 314 g/mol. The van der Waals surface area contributed by atoms with Crippen molar-refractivity contribution >= 4 is 15.9 Å². The summed E-state index contributed by atoms with van der Waals surface area (Å²) in [6.07, 6.45) is -0.453. The van der Waals surface area contributed by atoms with Crippen LogP contribution in [-0.2, 0) is 4.74 Å². The van der Waals surface area contributed by atoms with Crippen LogP contribution < -0.4 is 0 Å². The van der Waals surface area contributed by atoms with Crippen LogP contribution in [0.25, 0.3) is 0 Å². The van der Waals surface area contributed by atoms with E-state index in [0.717, 1.165) is 23.2 Å². The number of halogens is 1. The lowest BCUT2D eigenvalue weighted by Gasteiger charge is -2.39. The van der Waals surface area contributed by atoms with Gasteiger partial charge in [0, 0.05) is 23.1 Å². The van der Waals surface area contributed by atoms with Gasteiger partial charge in [0.15, 0.2) is 0 Å². The van der Waals surface area contributed by atoms with Crippen LogP contribution in [0.15, 0.2) is 28.7 Å². The smallest absolute Gasteiger partial charge is 0.0917 e. The zero-order valence-electron chi connectivity index (χ0n) is 10.8. The first-order valence-electron chi connectivity index (χ1n) is 6.35. The summed E-state index contributed by atoms with van der Waals surface area (Å²) in [7, 11) is 0. The van der Waals surface area contributed by atoms with Gasteiger partial charge in [-0.1, -0.05) is 28.1 Å². The maximum absolute atomic E-state index is 10.3. The highest BCUT2D eigenvalue weighted by Crippen LogP contribution is 2.22. The summed E-state index contributed by atoms with van der Waals surface area (Å²) in [4.78, 5) is 2.31. The number of ether oxygens (including phenoxy) is 1. The Morgan fingerprint density at radius 3 is 2.67 bits per heavy atom. The zero-order chi connectivity index (χ0) is 13.1. The van der Waals surface area contributed by atoms with Crippen LogP contribution in [0.5, 0.6) is 0 Å². The third-order valence-electron chi connectivity index (χ3n) is 3.47. The SMILES string of the molecule is CC1COCC(C)N1CC(O)c1cccc(Br)c1. The van der Waals surface area contributed by atoms with Gasteiger partial charge in [-0.25, -0.2) is 0 Å². The Hall–Kier alpha value is -0.420. The van der Waals surface area contributed by atoms with Crippen molar-refractivity contribution in [2.24, 2.45) is 0 Å². The molecular weight excluding hydrogens is 294 g/mol. The summed E-state index contributed by atoms with van der Waals surface area (Å²) >= 11 is 3.43. The van der Waals surface area contributed by atoms with Crippen LogP contribution >= 0.6 is 15.9 Å². The van der Waals surface area contributed by atoms with Crippen LogP contribution in [0.2, 0.25) is 0 Å². The Morgan fingerprint density at radius 2 is 2.06 bits per heavy atom. The monoisotopic (exact) mass is 313 g/mol. The summed E-state index contributed by atoms with van der Waals surface area (Å²) in [6, 6.07) is 8.57. The van der Waals surface area contributed by atoms with Crippen molar-refractivity contribution in [3.8, 4) is 0 Å². The van der Waals surface area contributed by atoms with Gasteiger partial charge >= 0.3 is 0 Å². The molecular formula is C14H20BrNO2. The summed E-state index contributed by atoms with van der Waals surface area (Å²) < 4.78 is 6.50. The molecule has 1 aliphatic heterocycles. The van der Waals surface area contributed by atoms with E-state index < -0.39 is 6.10 Å². The van der Waals surface area contributed by atoms with Gasteiger partial charge < -0.3 is 9.84 Å². The molecule has 0 saturated carbocycles. The molecule has 0 bridgehead atoms.